The van der Waals surface area contributed by atoms with Crippen molar-refractivity contribution in [1.29, 1.82) is 0 Å². The summed E-state index contributed by atoms with van der Waals surface area (Å²) >= 11 is 6.61. The monoisotopic (exact) mass is 562 g/mol. The van der Waals surface area contributed by atoms with E-state index in [1.165, 1.54) is 12.2 Å². The maximum absolute atomic E-state index is 6.61. The fourth-order valence-electron chi connectivity index (χ4n) is 4.40. The number of hydrogen-bond donors (Lipinski definition) is 2. The minimum atomic E-state index is 0. The Morgan fingerprint density at radius 3 is 2.42 bits per heavy atom. The van der Waals surface area contributed by atoms with Crippen LogP contribution in [0.1, 0.15) is 32.3 Å². The normalized spacial score (nSPS) is 19.4. The van der Waals surface area contributed by atoms with Gasteiger partial charge in [0.1, 0.15) is 0 Å². The zero-order valence-corrected chi connectivity index (χ0v) is 22.6. The van der Waals surface area contributed by atoms with E-state index in [1.807, 2.05) is 13.1 Å². The number of likely N-dealkylation sites (tertiary alicyclic amines) is 1. The smallest absolute Gasteiger partial charge is 0.191 e. The van der Waals surface area contributed by atoms with E-state index in [9.17, 15) is 0 Å². The van der Waals surface area contributed by atoms with Crippen LogP contribution in [0.4, 0.5) is 5.69 Å². The Bertz CT molecular complexity index is 697. The minimum absolute atomic E-state index is 0. The zero-order valence-electron chi connectivity index (χ0n) is 19.5. The molecular weight excluding hydrogens is 523 g/mol. The number of piperazine rings is 1. The van der Waals surface area contributed by atoms with Crippen molar-refractivity contribution < 1.29 is 0 Å². The van der Waals surface area contributed by atoms with Crippen LogP contribution < -0.4 is 15.5 Å². The first-order valence-corrected chi connectivity index (χ1v) is 11.7. The molecule has 1 aromatic rings. The van der Waals surface area contributed by atoms with Gasteiger partial charge in [0.05, 0.1) is 0 Å². The standard InChI is InChI=1S/C23H39ClN6.HI/c1-18(2)17-29-10-8-19(9-11-29)27-23(25-3)26-16-20-21(24)6-5-7-22(20)30-14-12-28(4)13-15-30;/h5-7,18-19H,8-17H2,1-4H3,(H2,25,26,27);1H. The molecule has 6 nitrogen and oxygen atoms in total. The third kappa shape index (κ3) is 7.94. The number of rotatable bonds is 6. The van der Waals surface area contributed by atoms with Gasteiger partial charge in [-0.25, -0.2) is 0 Å². The predicted molar refractivity (Wildman–Crippen MR) is 144 cm³/mol. The van der Waals surface area contributed by atoms with Gasteiger partial charge < -0.3 is 25.3 Å². The molecule has 0 radical (unpaired) electrons. The summed E-state index contributed by atoms with van der Waals surface area (Å²) in [5, 5.41) is 7.95. The van der Waals surface area contributed by atoms with Gasteiger partial charge in [0, 0.05) is 81.7 Å². The summed E-state index contributed by atoms with van der Waals surface area (Å²) in [6.07, 6.45) is 2.32. The first-order chi connectivity index (χ1) is 14.5. The summed E-state index contributed by atoms with van der Waals surface area (Å²) in [4.78, 5) is 11.9. The molecule has 176 valence electrons. The zero-order chi connectivity index (χ0) is 21.5. The highest BCUT2D eigenvalue weighted by Crippen LogP contribution is 2.28. The van der Waals surface area contributed by atoms with Gasteiger partial charge in [-0.3, -0.25) is 4.99 Å². The van der Waals surface area contributed by atoms with Crippen LogP contribution in [0.3, 0.4) is 0 Å². The maximum atomic E-state index is 6.61. The molecule has 31 heavy (non-hydrogen) atoms. The molecule has 0 bridgehead atoms. The second-order valence-electron chi connectivity index (χ2n) is 9.07. The van der Waals surface area contributed by atoms with Gasteiger partial charge in [-0.2, -0.15) is 0 Å². The highest BCUT2D eigenvalue weighted by atomic mass is 127. The molecule has 2 heterocycles. The van der Waals surface area contributed by atoms with Crippen LogP contribution in [-0.2, 0) is 6.54 Å². The molecule has 2 aliphatic heterocycles. The van der Waals surface area contributed by atoms with E-state index in [-0.39, 0.29) is 24.0 Å². The van der Waals surface area contributed by atoms with Crippen molar-refractivity contribution in [3.63, 3.8) is 0 Å². The first kappa shape index (κ1) is 26.5. The molecule has 8 heteroatoms. The van der Waals surface area contributed by atoms with Gasteiger partial charge in [-0.15, -0.1) is 24.0 Å². The summed E-state index contributed by atoms with van der Waals surface area (Å²) in [6, 6.07) is 6.70. The van der Waals surface area contributed by atoms with Crippen molar-refractivity contribution in [3.8, 4) is 0 Å². The lowest BCUT2D eigenvalue weighted by molar-refractivity contribution is 0.187. The van der Waals surface area contributed by atoms with Gasteiger partial charge >= 0.3 is 0 Å². The van der Waals surface area contributed by atoms with Crippen LogP contribution >= 0.6 is 35.6 Å². The third-order valence-corrected chi connectivity index (χ3v) is 6.50. The SMILES string of the molecule is CN=C(NCc1c(Cl)cccc1N1CCN(C)CC1)NC1CCN(CC(C)C)CC1.I. The molecule has 1 aromatic carbocycles. The Kier molecular flexibility index (Phi) is 11.2. The maximum Gasteiger partial charge on any atom is 0.191 e. The van der Waals surface area contributed by atoms with Gasteiger partial charge in [-0.1, -0.05) is 31.5 Å². The Balaban J connectivity index is 0.00000341. The molecule has 3 rings (SSSR count). The second kappa shape index (κ2) is 13.1. The lowest BCUT2D eigenvalue weighted by Crippen LogP contribution is -2.49. The van der Waals surface area contributed by atoms with Gasteiger partial charge in [0.25, 0.3) is 0 Å². The summed E-state index contributed by atoms with van der Waals surface area (Å²) in [5.74, 6) is 1.59. The van der Waals surface area contributed by atoms with E-state index in [4.69, 9.17) is 11.6 Å². The fraction of sp³-hybridized carbons (Fsp3) is 0.696. The van der Waals surface area contributed by atoms with E-state index >= 15 is 0 Å². The van der Waals surface area contributed by atoms with Crippen LogP contribution in [0.25, 0.3) is 0 Å². The van der Waals surface area contributed by atoms with E-state index in [0.717, 1.165) is 74.6 Å². The van der Waals surface area contributed by atoms with Gasteiger partial charge in [0.2, 0.25) is 0 Å². The number of likely N-dealkylation sites (N-methyl/N-ethyl adjacent to an activating group) is 1. The summed E-state index contributed by atoms with van der Waals surface area (Å²) in [7, 11) is 4.03. The Morgan fingerprint density at radius 2 is 1.81 bits per heavy atom. The number of halogens is 2. The van der Waals surface area contributed by atoms with Gasteiger partial charge in [0.15, 0.2) is 5.96 Å². The highest BCUT2D eigenvalue weighted by molar-refractivity contribution is 14.0. The molecule has 2 N–H and O–H groups in total. The minimum Gasteiger partial charge on any atom is -0.369 e. The van der Waals surface area contributed by atoms with Crippen LogP contribution in [0.5, 0.6) is 0 Å². The molecule has 0 aromatic heterocycles. The second-order valence-corrected chi connectivity index (χ2v) is 9.47. The predicted octanol–water partition coefficient (Wildman–Crippen LogP) is 3.50. The number of piperidine rings is 1. The van der Waals surface area contributed by atoms with Crippen LogP contribution in [0, 0.1) is 5.92 Å². The van der Waals surface area contributed by atoms with Crippen LogP contribution in [0.2, 0.25) is 5.02 Å². The molecular formula is C23H40ClIN6. The Hall–Kier alpha value is -0.770. The summed E-state index contributed by atoms with van der Waals surface area (Å²) < 4.78 is 0. The number of guanidine groups is 1. The van der Waals surface area contributed by atoms with Crippen molar-refractivity contribution in [3.05, 3.63) is 28.8 Å². The quantitative estimate of drug-likeness (QED) is 0.316. The van der Waals surface area contributed by atoms with Crippen molar-refractivity contribution in [2.24, 2.45) is 10.9 Å². The lowest BCUT2D eigenvalue weighted by atomic mass is 10.0. The summed E-state index contributed by atoms with van der Waals surface area (Å²) in [5.41, 5.74) is 2.39. The van der Waals surface area contributed by atoms with Crippen LogP contribution in [-0.4, -0.2) is 81.7 Å². The van der Waals surface area contributed by atoms with E-state index in [0.29, 0.717) is 12.6 Å². The number of benzene rings is 1. The molecule has 0 saturated carbocycles. The molecule has 2 fully saturated rings. The average molecular weight is 563 g/mol. The number of anilines is 1. The largest absolute Gasteiger partial charge is 0.369 e. The molecule has 0 spiro atoms. The molecule has 0 aliphatic carbocycles. The number of aliphatic imine (C=N–C) groups is 1. The Labute approximate surface area is 210 Å². The third-order valence-electron chi connectivity index (χ3n) is 6.15. The van der Waals surface area contributed by atoms with Gasteiger partial charge in [-0.05, 0) is 37.9 Å². The first-order valence-electron chi connectivity index (χ1n) is 11.4. The Morgan fingerprint density at radius 1 is 1.13 bits per heavy atom. The molecule has 0 unspecified atom stereocenters. The topological polar surface area (TPSA) is 46.1 Å². The molecule has 0 amide bonds. The van der Waals surface area contributed by atoms with Crippen molar-refractivity contribution in [2.75, 3.05) is 64.8 Å². The molecule has 2 aliphatic rings. The van der Waals surface area contributed by atoms with Crippen molar-refractivity contribution in [1.82, 2.24) is 20.4 Å². The summed E-state index contributed by atoms with van der Waals surface area (Å²) in [6.45, 7) is 13.0. The van der Waals surface area contributed by atoms with E-state index < -0.39 is 0 Å². The van der Waals surface area contributed by atoms with Crippen molar-refractivity contribution in [2.45, 2.75) is 39.3 Å². The van der Waals surface area contributed by atoms with E-state index in [2.05, 4.69) is 63.4 Å². The lowest BCUT2D eigenvalue weighted by Gasteiger charge is -2.35. The van der Waals surface area contributed by atoms with E-state index in [1.54, 1.807) is 0 Å². The average Bonchev–Trinajstić information content (AvgIpc) is 2.73. The highest BCUT2D eigenvalue weighted by Gasteiger charge is 2.21. The number of nitrogens with zero attached hydrogens (tertiary/aromatic N) is 4. The number of nitrogens with one attached hydrogen (secondary N) is 2. The number of hydrogen-bond acceptors (Lipinski definition) is 4. The van der Waals surface area contributed by atoms with Crippen LogP contribution in [0.15, 0.2) is 23.2 Å². The molecule has 2 saturated heterocycles. The fourth-order valence-corrected chi connectivity index (χ4v) is 4.64. The van der Waals surface area contributed by atoms with Crippen molar-refractivity contribution >= 4 is 47.2 Å². The molecule has 0 atom stereocenters.